The summed E-state index contributed by atoms with van der Waals surface area (Å²) < 4.78 is 17.3. The van der Waals surface area contributed by atoms with E-state index in [1.165, 1.54) is 64.2 Å². The second kappa shape index (κ2) is 40.8. The Morgan fingerprint density at radius 3 is 1.41 bits per heavy atom. The van der Waals surface area contributed by atoms with Crippen LogP contribution in [0.4, 0.5) is 0 Å². The molecule has 8 nitrogen and oxygen atoms in total. The third-order valence-electron chi connectivity index (χ3n) is 10.1. The molecule has 0 aromatic rings. The van der Waals surface area contributed by atoms with Gasteiger partial charge in [-0.05, 0) is 83.5 Å². The lowest BCUT2D eigenvalue weighted by Gasteiger charge is -2.31. The van der Waals surface area contributed by atoms with Gasteiger partial charge in [-0.1, -0.05) is 145 Å². The lowest BCUT2D eigenvalue weighted by atomic mass is 10.1. The van der Waals surface area contributed by atoms with Crippen LogP contribution >= 0.6 is 0 Å². The van der Waals surface area contributed by atoms with Crippen molar-refractivity contribution in [3.63, 3.8) is 0 Å². The normalized spacial score (nSPS) is 13.5. The molecule has 0 amide bonds. The Hall–Kier alpha value is -2.97. The van der Waals surface area contributed by atoms with E-state index in [1.807, 2.05) is 21.1 Å². The maximum Gasteiger partial charge on any atom is 0.362 e. The minimum absolute atomic E-state index is 0.0470. The van der Waals surface area contributed by atoms with Gasteiger partial charge in [0.25, 0.3) is 0 Å². The van der Waals surface area contributed by atoms with E-state index in [0.717, 1.165) is 89.9 Å². The highest BCUT2D eigenvalue weighted by Crippen LogP contribution is 2.13. The molecular formula is C50H88NO7+. The summed E-state index contributed by atoms with van der Waals surface area (Å²) in [6, 6.07) is -0.622. The van der Waals surface area contributed by atoms with Gasteiger partial charge >= 0.3 is 17.9 Å². The number of carboxylic acids is 1. The van der Waals surface area contributed by atoms with Crippen LogP contribution < -0.4 is 0 Å². The number of carboxylic acid groups (broad SMARTS) is 1. The van der Waals surface area contributed by atoms with Gasteiger partial charge in [0.15, 0.2) is 12.1 Å². The van der Waals surface area contributed by atoms with Gasteiger partial charge in [0.1, 0.15) is 6.61 Å². The fraction of sp³-hybridized carbons (Fsp3) is 0.740. The van der Waals surface area contributed by atoms with E-state index in [-0.39, 0.29) is 36.2 Å². The van der Waals surface area contributed by atoms with Crippen molar-refractivity contribution in [1.82, 2.24) is 0 Å². The monoisotopic (exact) mass is 815 g/mol. The van der Waals surface area contributed by atoms with Crippen molar-refractivity contribution in [2.45, 2.75) is 199 Å². The summed E-state index contributed by atoms with van der Waals surface area (Å²) in [5, 5.41) is 9.62. The number of hydrogen-bond acceptors (Lipinski definition) is 6. The molecule has 0 aliphatic carbocycles. The molecule has 8 heteroatoms. The van der Waals surface area contributed by atoms with Crippen molar-refractivity contribution in [2.75, 3.05) is 41.0 Å². The lowest BCUT2D eigenvalue weighted by Crippen LogP contribution is -2.50. The SMILES string of the molecule is CCCCC/C=C/C/C=C/C/C=C/C/C=C/CCCCCCCC(=O)OCC(COCCC(C(=O)O)[N+](C)(C)C)OC(=O)CCCCC/C=C/CCCCCCCC. The Kier molecular flexibility index (Phi) is 38.7. The van der Waals surface area contributed by atoms with E-state index in [1.54, 1.807) is 0 Å². The number of carbonyl (C=O) groups excluding carboxylic acids is 2. The summed E-state index contributed by atoms with van der Waals surface area (Å²) >= 11 is 0. The predicted molar refractivity (Wildman–Crippen MR) is 243 cm³/mol. The highest BCUT2D eigenvalue weighted by atomic mass is 16.6. The average Bonchev–Trinajstić information content (AvgIpc) is 3.18. The Morgan fingerprint density at radius 2 is 0.914 bits per heavy atom. The predicted octanol–water partition coefficient (Wildman–Crippen LogP) is 13.0. The average molecular weight is 815 g/mol. The molecule has 0 saturated heterocycles. The van der Waals surface area contributed by atoms with Crippen molar-refractivity contribution in [1.29, 1.82) is 0 Å². The largest absolute Gasteiger partial charge is 0.477 e. The molecule has 0 bridgehead atoms. The van der Waals surface area contributed by atoms with Gasteiger partial charge in [-0.2, -0.15) is 0 Å². The van der Waals surface area contributed by atoms with Crippen molar-refractivity contribution < 1.29 is 38.2 Å². The Balaban J connectivity index is 4.35. The molecule has 0 aliphatic heterocycles. The zero-order chi connectivity index (χ0) is 42.8. The Bertz CT molecular complexity index is 1130. The fourth-order valence-corrected chi connectivity index (χ4v) is 6.48. The fourth-order valence-electron chi connectivity index (χ4n) is 6.48. The van der Waals surface area contributed by atoms with Crippen LogP contribution in [-0.4, -0.2) is 80.6 Å². The van der Waals surface area contributed by atoms with Gasteiger partial charge < -0.3 is 23.8 Å². The van der Waals surface area contributed by atoms with Gasteiger partial charge in [0.05, 0.1) is 34.4 Å². The second-order valence-corrected chi connectivity index (χ2v) is 16.7. The number of aliphatic carboxylic acids is 1. The zero-order valence-electron chi connectivity index (χ0n) is 38.0. The van der Waals surface area contributed by atoms with Crippen LogP contribution in [0.1, 0.15) is 187 Å². The van der Waals surface area contributed by atoms with Gasteiger partial charge in [0.2, 0.25) is 0 Å². The summed E-state index contributed by atoms with van der Waals surface area (Å²) in [4.78, 5) is 37.0. The molecule has 334 valence electrons. The van der Waals surface area contributed by atoms with Crippen LogP contribution in [0.2, 0.25) is 0 Å². The minimum Gasteiger partial charge on any atom is -0.477 e. The van der Waals surface area contributed by atoms with Crippen LogP contribution in [0, 0.1) is 0 Å². The number of rotatable bonds is 41. The first kappa shape index (κ1) is 55.0. The highest BCUT2D eigenvalue weighted by molar-refractivity contribution is 5.72. The smallest absolute Gasteiger partial charge is 0.362 e. The first-order chi connectivity index (χ1) is 28.1. The maximum absolute atomic E-state index is 12.7. The van der Waals surface area contributed by atoms with E-state index in [0.29, 0.717) is 19.3 Å². The first-order valence-corrected chi connectivity index (χ1v) is 23.3. The molecule has 0 saturated carbocycles. The van der Waals surface area contributed by atoms with Gasteiger partial charge in [-0.15, -0.1) is 0 Å². The van der Waals surface area contributed by atoms with Gasteiger partial charge in [0, 0.05) is 19.3 Å². The molecule has 1 N–H and O–H groups in total. The van der Waals surface area contributed by atoms with Crippen molar-refractivity contribution in [3.8, 4) is 0 Å². The molecule has 0 aromatic heterocycles. The molecule has 2 atom stereocenters. The number of quaternary nitrogens is 1. The van der Waals surface area contributed by atoms with Crippen molar-refractivity contribution >= 4 is 17.9 Å². The lowest BCUT2D eigenvalue weighted by molar-refractivity contribution is -0.887. The molecule has 0 heterocycles. The third kappa shape index (κ3) is 38.5. The summed E-state index contributed by atoms with van der Waals surface area (Å²) in [6.45, 7) is 4.66. The summed E-state index contributed by atoms with van der Waals surface area (Å²) in [5.41, 5.74) is 0. The van der Waals surface area contributed by atoms with Gasteiger partial charge in [-0.25, -0.2) is 4.79 Å². The summed E-state index contributed by atoms with van der Waals surface area (Å²) in [5.74, 6) is -1.51. The number of allylic oxidation sites excluding steroid dienone is 10. The van der Waals surface area contributed by atoms with E-state index in [2.05, 4.69) is 74.6 Å². The quantitative estimate of drug-likeness (QED) is 0.0284. The molecule has 2 unspecified atom stereocenters. The first-order valence-electron chi connectivity index (χ1n) is 23.3. The molecule has 0 aliphatic rings. The zero-order valence-corrected chi connectivity index (χ0v) is 38.0. The number of unbranched alkanes of at least 4 members (excludes halogenated alkanes) is 17. The summed E-state index contributed by atoms with van der Waals surface area (Å²) in [7, 11) is 5.51. The van der Waals surface area contributed by atoms with Crippen LogP contribution in [0.3, 0.4) is 0 Å². The van der Waals surface area contributed by atoms with E-state index in [9.17, 15) is 19.5 Å². The maximum atomic E-state index is 12.7. The standard InChI is InChI=1S/C50H87NO7/c1-6-8-10-12-14-16-18-20-21-22-23-24-25-26-27-29-30-32-34-36-38-40-48(52)57-45-46(44-56-43-42-47(50(54)55)51(3,4)5)58-49(53)41-39-37-35-33-31-28-19-17-15-13-11-9-7-2/h14,16,20-21,23-24,26-28,31,46-47H,6-13,15,17-19,22,25,29-30,32-45H2,1-5H3/p+1/b16-14+,21-20+,24-23+,27-26+,31-28+. The topological polar surface area (TPSA) is 99.1 Å². The van der Waals surface area contributed by atoms with Crippen LogP contribution in [0.5, 0.6) is 0 Å². The molecule has 58 heavy (non-hydrogen) atoms. The van der Waals surface area contributed by atoms with E-state index in [4.69, 9.17) is 14.2 Å². The van der Waals surface area contributed by atoms with Crippen LogP contribution in [-0.2, 0) is 28.6 Å². The molecule has 0 aromatic carbocycles. The molecule has 0 radical (unpaired) electrons. The second-order valence-electron chi connectivity index (χ2n) is 16.7. The number of esters is 2. The number of nitrogens with zero attached hydrogens (tertiary/aromatic N) is 1. The highest BCUT2D eigenvalue weighted by Gasteiger charge is 2.31. The van der Waals surface area contributed by atoms with Crippen molar-refractivity contribution in [2.24, 2.45) is 0 Å². The van der Waals surface area contributed by atoms with Crippen molar-refractivity contribution in [3.05, 3.63) is 60.8 Å². The van der Waals surface area contributed by atoms with E-state index >= 15 is 0 Å². The number of carbonyl (C=O) groups is 3. The Labute approximate surface area is 356 Å². The Morgan fingerprint density at radius 1 is 0.517 bits per heavy atom. The van der Waals surface area contributed by atoms with Crippen LogP contribution in [0.25, 0.3) is 0 Å². The van der Waals surface area contributed by atoms with Crippen LogP contribution in [0.15, 0.2) is 60.8 Å². The molecular weight excluding hydrogens is 727 g/mol. The van der Waals surface area contributed by atoms with E-state index < -0.39 is 18.1 Å². The number of likely N-dealkylation sites (N-methyl/N-ethyl adjacent to an activating group) is 1. The summed E-state index contributed by atoms with van der Waals surface area (Å²) in [6.07, 6.45) is 49.8. The number of hydrogen-bond donors (Lipinski definition) is 1. The third-order valence-corrected chi connectivity index (χ3v) is 10.1. The molecule has 0 rings (SSSR count). The van der Waals surface area contributed by atoms with Gasteiger partial charge in [-0.3, -0.25) is 9.59 Å². The minimum atomic E-state index is -0.882. The molecule has 0 fully saturated rings. The molecule has 0 spiro atoms. The number of ether oxygens (including phenoxy) is 3.